The number of benzene rings is 4. The van der Waals surface area contributed by atoms with Gasteiger partial charge in [0.2, 0.25) is 0 Å². The first-order valence-electron chi connectivity index (χ1n) is 10.7. The summed E-state index contributed by atoms with van der Waals surface area (Å²) in [7, 11) is 0. The van der Waals surface area contributed by atoms with Gasteiger partial charge in [0, 0.05) is 18.1 Å². The number of para-hydroxylation sites is 1. The smallest absolute Gasteiger partial charge is 0.258 e. The fourth-order valence-corrected chi connectivity index (χ4v) is 4.29. The summed E-state index contributed by atoms with van der Waals surface area (Å²) in [5, 5.41) is 9.98. The van der Waals surface area contributed by atoms with E-state index in [9.17, 15) is 14.4 Å². The van der Waals surface area contributed by atoms with Crippen molar-refractivity contribution >= 4 is 17.5 Å². The van der Waals surface area contributed by atoms with E-state index < -0.39 is 5.82 Å². The van der Waals surface area contributed by atoms with Gasteiger partial charge in [-0.2, -0.15) is 5.26 Å². The molecule has 0 fully saturated rings. The second-order valence-corrected chi connectivity index (χ2v) is 8.43. The first-order chi connectivity index (χ1) is 16.5. The SMILES string of the molecule is N#Cc1cccc(F)c1Oc1cccc2c1C(=O)N(Cc1ccc(-c3cccc(Cl)c3)cc1)C2. The standard InChI is InChI=1S/C28H18ClFN2O2/c29-23-7-1-4-20(14-23)19-12-10-18(11-13-19)16-32-17-22-6-3-9-25(26(22)28(32)33)34-27-21(15-31)5-2-8-24(27)30/h1-14H,16-17H2. The summed E-state index contributed by atoms with van der Waals surface area (Å²) in [6.45, 7) is 0.843. The third-order valence-electron chi connectivity index (χ3n) is 5.76. The second kappa shape index (κ2) is 9.01. The number of nitriles is 1. The van der Waals surface area contributed by atoms with Gasteiger partial charge in [-0.25, -0.2) is 4.39 Å². The maximum Gasteiger partial charge on any atom is 0.258 e. The molecular weight excluding hydrogens is 451 g/mol. The highest BCUT2D eigenvalue weighted by Crippen LogP contribution is 2.36. The lowest BCUT2D eigenvalue weighted by atomic mass is 10.0. The van der Waals surface area contributed by atoms with E-state index in [1.54, 1.807) is 17.0 Å². The zero-order valence-electron chi connectivity index (χ0n) is 18.0. The third kappa shape index (κ3) is 4.12. The Labute approximate surface area is 201 Å². The van der Waals surface area contributed by atoms with E-state index in [4.69, 9.17) is 16.3 Å². The van der Waals surface area contributed by atoms with Crippen molar-refractivity contribution in [1.29, 1.82) is 5.26 Å². The van der Waals surface area contributed by atoms with Gasteiger partial charge in [-0.1, -0.05) is 66.2 Å². The minimum absolute atomic E-state index is 0.0692. The van der Waals surface area contributed by atoms with Crippen molar-refractivity contribution < 1.29 is 13.9 Å². The van der Waals surface area contributed by atoms with Crippen LogP contribution in [-0.4, -0.2) is 10.8 Å². The van der Waals surface area contributed by atoms with Crippen LogP contribution in [0.2, 0.25) is 5.02 Å². The number of ether oxygens (including phenoxy) is 1. The number of amides is 1. The number of carbonyl (C=O) groups excluding carboxylic acids is 1. The molecular formula is C28H18ClFN2O2. The van der Waals surface area contributed by atoms with Crippen LogP contribution in [0.5, 0.6) is 11.5 Å². The number of fused-ring (bicyclic) bond motifs is 1. The van der Waals surface area contributed by atoms with E-state index >= 15 is 0 Å². The van der Waals surface area contributed by atoms with Gasteiger partial charge in [0.1, 0.15) is 11.8 Å². The zero-order valence-corrected chi connectivity index (χ0v) is 18.7. The highest BCUT2D eigenvalue weighted by atomic mass is 35.5. The molecule has 1 aliphatic rings. The summed E-state index contributed by atoms with van der Waals surface area (Å²) < 4.78 is 20.1. The largest absolute Gasteiger partial charge is 0.452 e. The van der Waals surface area contributed by atoms with Crippen molar-refractivity contribution in [3.63, 3.8) is 0 Å². The second-order valence-electron chi connectivity index (χ2n) is 7.99. The lowest BCUT2D eigenvalue weighted by Gasteiger charge is -2.16. The van der Waals surface area contributed by atoms with Gasteiger partial charge in [-0.15, -0.1) is 0 Å². The molecule has 34 heavy (non-hydrogen) atoms. The number of halogens is 2. The minimum Gasteiger partial charge on any atom is -0.452 e. The lowest BCUT2D eigenvalue weighted by Crippen LogP contribution is -2.23. The molecule has 0 bridgehead atoms. The maximum atomic E-state index is 14.3. The van der Waals surface area contributed by atoms with Gasteiger partial charge >= 0.3 is 0 Å². The van der Waals surface area contributed by atoms with E-state index in [-0.39, 0.29) is 23.0 Å². The molecule has 4 aromatic carbocycles. The van der Waals surface area contributed by atoms with Crippen LogP contribution in [0.15, 0.2) is 84.9 Å². The molecule has 6 heteroatoms. The molecule has 5 rings (SSSR count). The number of hydrogen-bond donors (Lipinski definition) is 0. The van der Waals surface area contributed by atoms with Crippen LogP contribution in [0.4, 0.5) is 4.39 Å². The summed E-state index contributed by atoms with van der Waals surface area (Å²) in [6.07, 6.45) is 0. The Kier molecular flexibility index (Phi) is 5.75. The number of carbonyl (C=O) groups is 1. The van der Waals surface area contributed by atoms with E-state index in [1.807, 2.05) is 60.7 Å². The van der Waals surface area contributed by atoms with Crippen molar-refractivity contribution in [3.05, 3.63) is 118 Å². The normalized spacial score (nSPS) is 12.4. The Morgan fingerprint density at radius 2 is 1.74 bits per heavy atom. The van der Waals surface area contributed by atoms with Crippen molar-refractivity contribution in [3.8, 4) is 28.7 Å². The van der Waals surface area contributed by atoms with Gasteiger partial charge in [0.05, 0.1) is 11.1 Å². The van der Waals surface area contributed by atoms with Crippen molar-refractivity contribution in [2.45, 2.75) is 13.1 Å². The fraction of sp³-hybridized carbons (Fsp3) is 0.0714. The third-order valence-corrected chi connectivity index (χ3v) is 5.99. The van der Waals surface area contributed by atoms with Crippen molar-refractivity contribution in [2.24, 2.45) is 0 Å². The number of nitrogens with zero attached hydrogens (tertiary/aromatic N) is 2. The molecule has 0 aliphatic carbocycles. The Morgan fingerprint density at radius 1 is 0.971 bits per heavy atom. The maximum absolute atomic E-state index is 14.3. The lowest BCUT2D eigenvalue weighted by molar-refractivity contribution is 0.0765. The summed E-state index contributed by atoms with van der Waals surface area (Å²) in [4.78, 5) is 15.0. The Bertz CT molecular complexity index is 1440. The Morgan fingerprint density at radius 3 is 2.50 bits per heavy atom. The monoisotopic (exact) mass is 468 g/mol. The summed E-state index contributed by atoms with van der Waals surface area (Å²) in [5.41, 5.74) is 4.31. The molecule has 1 heterocycles. The van der Waals surface area contributed by atoms with Crippen LogP contribution in [-0.2, 0) is 13.1 Å². The molecule has 0 spiro atoms. The summed E-state index contributed by atoms with van der Waals surface area (Å²) >= 11 is 6.10. The molecule has 0 unspecified atom stereocenters. The molecule has 0 saturated carbocycles. The Balaban J connectivity index is 1.37. The van der Waals surface area contributed by atoms with Crippen LogP contribution in [0.25, 0.3) is 11.1 Å². The molecule has 4 nitrogen and oxygen atoms in total. The molecule has 4 aromatic rings. The van der Waals surface area contributed by atoms with E-state index in [0.29, 0.717) is 23.7 Å². The van der Waals surface area contributed by atoms with Gasteiger partial charge < -0.3 is 9.64 Å². The van der Waals surface area contributed by atoms with Crippen LogP contribution in [0.3, 0.4) is 0 Å². The molecule has 0 N–H and O–H groups in total. The minimum atomic E-state index is -0.654. The van der Waals surface area contributed by atoms with Crippen molar-refractivity contribution in [1.82, 2.24) is 4.90 Å². The predicted molar refractivity (Wildman–Crippen MR) is 128 cm³/mol. The van der Waals surface area contributed by atoms with E-state index in [0.717, 1.165) is 22.3 Å². The first-order valence-corrected chi connectivity index (χ1v) is 11.0. The number of hydrogen-bond acceptors (Lipinski definition) is 3. The summed E-state index contributed by atoms with van der Waals surface area (Å²) in [6, 6.07) is 26.9. The van der Waals surface area contributed by atoms with Gasteiger partial charge in [0.15, 0.2) is 11.6 Å². The molecule has 0 radical (unpaired) electrons. The summed E-state index contributed by atoms with van der Waals surface area (Å²) in [5.74, 6) is -0.790. The van der Waals surface area contributed by atoms with Gasteiger partial charge in [-0.05, 0) is 52.6 Å². The van der Waals surface area contributed by atoms with Crippen LogP contribution in [0, 0.1) is 17.1 Å². The topological polar surface area (TPSA) is 53.3 Å². The Hall–Kier alpha value is -4.14. The van der Waals surface area contributed by atoms with Crippen LogP contribution < -0.4 is 4.74 Å². The van der Waals surface area contributed by atoms with Crippen LogP contribution >= 0.6 is 11.6 Å². The molecule has 166 valence electrons. The zero-order chi connectivity index (χ0) is 23.7. The predicted octanol–water partition coefficient (Wildman–Crippen LogP) is 6.97. The van der Waals surface area contributed by atoms with Crippen LogP contribution in [0.1, 0.15) is 27.0 Å². The molecule has 1 aliphatic heterocycles. The van der Waals surface area contributed by atoms with E-state index in [1.165, 1.54) is 18.2 Å². The van der Waals surface area contributed by atoms with Gasteiger partial charge in [-0.3, -0.25) is 4.79 Å². The number of rotatable bonds is 5. The molecule has 0 saturated heterocycles. The van der Waals surface area contributed by atoms with Gasteiger partial charge in [0.25, 0.3) is 5.91 Å². The van der Waals surface area contributed by atoms with Crippen molar-refractivity contribution in [2.75, 3.05) is 0 Å². The molecule has 0 atom stereocenters. The van der Waals surface area contributed by atoms with E-state index in [2.05, 4.69) is 0 Å². The molecule has 0 aromatic heterocycles. The quantitative estimate of drug-likeness (QED) is 0.318. The average Bonchev–Trinajstić information content (AvgIpc) is 3.16. The molecule has 1 amide bonds. The highest BCUT2D eigenvalue weighted by Gasteiger charge is 2.31. The average molecular weight is 469 g/mol. The first kappa shape index (κ1) is 21.7. The highest BCUT2D eigenvalue weighted by molar-refractivity contribution is 6.30. The fourth-order valence-electron chi connectivity index (χ4n) is 4.10.